The fourth-order valence-corrected chi connectivity index (χ4v) is 3.52. The summed E-state index contributed by atoms with van der Waals surface area (Å²) in [6, 6.07) is 24.2. The van der Waals surface area contributed by atoms with Crippen molar-refractivity contribution in [2.45, 2.75) is 26.5 Å². The zero-order valence-corrected chi connectivity index (χ0v) is 17.3. The van der Waals surface area contributed by atoms with Crippen molar-refractivity contribution in [3.63, 3.8) is 0 Å². The highest BCUT2D eigenvalue weighted by Gasteiger charge is 2.17. The van der Waals surface area contributed by atoms with Gasteiger partial charge in [0.05, 0.1) is 11.0 Å². The fraction of sp³-hybridized carbons (Fsp3) is 0.160. The molecule has 146 valence electrons. The Bertz CT molecular complexity index is 1150. The highest BCUT2D eigenvalue weighted by Crippen LogP contribution is 2.28. The van der Waals surface area contributed by atoms with Crippen molar-refractivity contribution in [2.24, 2.45) is 0 Å². The molecule has 0 aliphatic rings. The Morgan fingerprint density at radius 3 is 2.59 bits per heavy atom. The molecule has 4 heteroatoms. The summed E-state index contributed by atoms with van der Waals surface area (Å²) in [6.45, 7) is 4.73. The van der Waals surface area contributed by atoms with E-state index >= 15 is 0 Å². The lowest BCUT2D eigenvalue weighted by molar-refractivity contribution is 0.212. The molecule has 0 bridgehead atoms. The smallest absolute Gasteiger partial charge is 0.153 e. The Morgan fingerprint density at radius 2 is 1.79 bits per heavy atom. The van der Waals surface area contributed by atoms with E-state index in [1.807, 2.05) is 68.4 Å². The molecule has 1 unspecified atom stereocenters. The molecule has 1 aromatic heterocycles. The van der Waals surface area contributed by atoms with Gasteiger partial charge < -0.3 is 9.30 Å². The summed E-state index contributed by atoms with van der Waals surface area (Å²) in [7, 11) is 0. The Labute approximate surface area is 176 Å². The Balaban J connectivity index is 1.63. The molecule has 1 heterocycles. The van der Waals surface area contributed by atoms with Crippen LogP contribution in [0.1, 0.15) is 30.0 Å². The van der Waals surface area contributed by atoms with E-state index in [0.29, 0.717) is 0 Å². The van der Waals surface area contributed by atoms with E-state index in [-0.39, 0.29) is 6.10 Å². The van der Waals surface area contributed by atoms with E-state index in [0.717, 1.165) is 39.7 Å². The van der Waals surface area contributed by atoms with Gasteiger partial charge in [-0.1, -0.05) is 66.2 Å². The van der Waals surface area contributed by atoms with Crippen LogP contribution in [0.2, 0.25) is 5.02 Å². The van der Waals surface area contributed by atoms with Gasteiger partial charge >= 0.3 is 0 Å². The highest BCUT2D eigenvalue weighted by molar-refractivity contribution is 6.31. The van der Waals surface area contributed by atoms with Crippen molar-refractivity contribution in [3.05, 3.63) is 101 Å². The lowest BCUT2D eigenvalue weighted by atomic mass is 10.2. The first-order chi connectivity index (χ1) is 14.1. The predicted molar refractivity (Wildman–Crippen MR) is 120 cm³/mol. The number of aromatic nitrogens is 2. The number of benzene rings is 3. The number of aryl methyl sites for hydroxylation is 1. The molecule has 0 saturated heterocycles. The quantitative estimate of drug-likeness (QED) is 0.352. The molecular formula is C25H23ClN2O. The molecule has 0 fully saturated rings. The maximum absolute atomic E-state index is 6.20. The third-order valence-electron chi connectivity index (χ3n) is 4.89. The second kappa shape index (κ2) is 8.54. The number of imidazole rings is 1. The minimum Gasteiger partial charge on any atom is -0.483 e. The number of fused-ring (bicyclic) bond motifs is 1. The zero-order valence-electron chi connectivity index (χ0n) is 16.5. The Hall–Kier alpha value is -3.04. The molecule has 0 aliphatic heterocycles. The molecule has 4 aromatic rings. The van der Waals surface area contributed by atoms with Crippen LogP contribution in [-0.4, -0.2) is 9.55 Å². The average Bonchev–Trinajstić information content (AvgIpc) is 3.10. The van der Waals surface area contributed by atoms with Crippen LogP contribution in [0.15, 0.2) is 78.9 Å². The summed E-state index contributed by atoms with van der Waals surface area (Å²) in [4.78, 5) is 4.85. The number of hydrogen-bond donors (Lipinski definition) is 0. The number of rotatable bonds is 6. The van der Waals surface area contributed by atoms with E-state index in [4.69, 9.17) is 21.3 Å². The van der Waals surface area contributed by atoms with E-state index in [9.17, 15) is 0 Å². The average molecular weight is 403 g/mol. The van der Waals surface area contributed by atoms with E-state index in [1.54, 1.807) is 0 Å². The lowest BCUT2D eigenvalue weighted by Crippen LogP contribution is -2.11. The van der Waals surface area contributed by atoms with Gasteiger partial charge in [-0.15, -0.1) is 0 Å². The van der Waals surface area contributed by atoms with Crippen LogP contribution in [0.5, 0.6) is 5.75 Å². The summed E-state index contributed by atoms with van der Waals surface area (Å²) in [5, 5.41) is 0.739. The van der Waals surface area contributed by atoms with Gasteiger partial charge in [-0.05, 0) is 55.3 Å². The molecule has 3 nitrogen and oxygen atoms in total. The monoisotopic (exact) mass is 402 g/mol. The molecule has 0 N–H and O–H groups in total. The normalized spacial score (nSPS) is 12.5. The third-order valence-corrected chi connectivity index (χ3v) is 5.31. The minimum absolute atomic E-state index is 0.201. The zero-order chi connectivity index (χ0) is 20.2. The van der Waals surface area contributed by atoms with Crippen LogP contribution in [0.3, 0.4) is 0 Å². The van der Waals surface area contributed by atoms with E-state index in [2.05, 4.69) is 34.9 Å². The summed E-state index contributed by atoms with van der Waals surface area (Å²) in [5.41, 5.74) is 4.25. The molecule has 1 atom stereocenters. The molecule has 0 saturated carbocycles. The maximum Gasteiger partial charge on any atom is 0.153 e. The number of ether oxygens (including phenoxy) is 1. The second-order valence-electron chi connectivity index (χ2n) is 7.05. The largest absolute Gasteiger partial charge is 0.483 e. The van der Waals surface area contributed by atoms with Crippen LogP contribution < -0.4 is 4.74 Å². The van der Waals surface area contributed by atoms with Crippen LogP contribution >= 0.6 is 11.6 Å². The number of allylic oxidation sites excluding steroid dienone is 1. The van der Waals surface area contributed by atoms with Crippen molar-refractivity contribution in [1.29, 1.82) is 0 Å². The van der Waals surface area contributed by atoms with Gasteiger partial charge in [0.25, 0.3) is 0 Å². The first-order valence-electron chi connectivity index (χ1n) is 9.71. The van der Waals surface area contributed by atoms with Gasteiger partial charge in [0, 0.05) is 11.6 Å². The molecule has 0 amide bonds. The summed E-state index contributed by atoms with van der Waals surface area (Å²) in [6.07, 6.45) is 4.09. The van der Waals surface area contributed by atoms with Crippen molar-refractivity contribution in [3.8, 4) is 5.75 Å². The minimum atomic E-state index is -0.201. The van der Waals surface area contributed by atoms with Gasteiger partial charge in [0.15, 0.2) is 11.9 Å². The number of nitrogens with zero attached hydrogens (tertiary/aromatic N) is 2. The van der Waals surface area contributed by atoms with Gasteiger partial charge in [-0.25, -0.2) is 4.98 Å². The topological polar surface area (TPSA) is 27.1 Å². The lowest BCUT2D eigenvalue weighted by Gasteiger charge is -2.16. The van der Waals surface area contributed by atoms with Crippen molar-refractivity contribution in [1.82, 2.24) is 9.55 Å². The van der Waals surface area contributed by atoms with Crippen LogP contribution in [0.25, 0.3) is 17.1 Å². The number of halogens is 1. The maximum atomic E-state index is 6.20. The van der Waals surface area contributed by atoms with Crippen LogP contribution in [0.4, 0.5) is 0 Å². The number of para-hydroxylation sites is 2. The Kier molecular flexibility index (Phi) is 5.68. The van der Waals surface area contributed by atoms with Crippen LogP contribution in [-0.2, 0) is 6.54 Å². The number of hydrogen-bond acceptors (Lipinski definition) is 2. The van der Waals surface area contributed by atoms with Gasteiger partial charge in [-0.3, -0.25) is 0 Å². The summed E-state index contributed by atoms with van der Waals surface area (Å²) < 4.78 is 8.42. The Morgan fingerprint density at radius 1 is 1.03 bits per heavy atom. The van der Waals surface area contributed by atoms with Crippen molar-refractivity contribution < 1.29 is 4.74 Å². The highest BCUT2D eigenvalue weighted by atomic mass is 35.5. The predicted octanol–water partition coefficient (Wildman–Crippen LogP) is 6.85. The van der Waals surface area contributed by atoms with Crippen LogP contribution in [0, 0.1) is 6.92 Å². The van der Waals surface area contributed by atoms with Crippen molar-refractivity contribution in [2.75, 3.05) is 0 Å². The first kappa shape index (κ1) is 19.3. The van der Waals surface area contributed by atoms with Gasteiger partial charge in [0.1, 0.15) is 5.75 Å². The van der Waals surface area contributed by atoms with Gasteiger partial charge in [-0.2, -0.15) is 0 Å². The summed E-state index contributed by atoms with van der Waals surface area (Å²) in [5.74, 6) is 1.69. The molecule has 0 radical (unpaired) electrons. The molecule has 0 aliphatic carbocycles. The molecule has 29 heavy (non-hydrogen) atoms. The molecular weight excluding hydrogens is 380 g/mol. The molecule has 0 spiro atoms. The fourth-order valence-electron chi connectivity index (χ4n) is 3.40. The van der Waals surface area contributed by atoms with E-state index < -0.39 is 0 Å². The summed E-state index contributed by atoms with van der Waals surface area (Å²) >= 11 is 6.14. The van der Waals surface area contributed by atoms with E-state index in [1.165, 1.54) is 5.56 Å². The SMILES string of the molecule is Cc1cc(OC(C)c2nc3ccccc3n2C/C=C/c2ccccc2)ccc1Cl. The molecule has 4 rings (SSSR count). The third kappa shape index (κ3) is 4.36. The standard InChI is InChI=1S/C25H23ClN2O/c1-18-17-21(14-15-22(18)26)29-19(2)25-27-23-12-6-7-13-24(23)28(25)16-8-11-20-9-4-3-5-10-20/h3-15,17,19H,16H2,1-2H3/b11-8+. The molecule has 3 aromatic carbocycles. The second-order valence-corrected chi connectivity index (χ2v) is 7.46. The first-order valence-corrected chi connectivity index (χ1v) is 10.1. The van der Waals surface area contributed by atoms with Gasteiger partial charge in [0.2, 0.25) is 0 Å². The van der Waals surface area contributed by atoms with Crippen molar-refractivity contribution >= 4 is 28.7 Å².